The number of fused-ring (bicyclic) bond motifs is 1. The summed E-state index contributed by atoms with van der Waals surface area (Å²) in [6.07, 6.45) is 3.42. The molecule has 1 aliphatic heterocycles. The van der Waals surface area contributed by atoms with Gasteiger partial charge in [-0.15, -0.1) is 0 Å². The molecule has 0 bridgehead atoms. The monoisotopic (exact) mass is 331 g/mol. The molecule has 6 nitrogen and oxygen atoms in total. The zero-order valence-corrected chi connectivity index (χ0v) is 12.7. The highest BCUT2D eigenvalue weighted by molar-refractivity contribution is 5.85. The lowest BCUT2D eigenvalue weighted by molar-refractivity contribution is -0.0298. The van der Waals surface area contributed by atoms with Gasteiger partial charge < -0.3 is 10.1 Å². The molecule has 24 heavy (non-hydrogen) atoms. The van der Waals surface area contributed by atoms with E-state index in [1.165, 1.54) is 12.1 Å². The Kier molecular flexibility index (Phi) is 3.81. The molecule has 3 aromatic rings. The predicted molar refractivity (Wildman–Crippen MR) is 83.8 cm³/mol. The summed E-state index contributed by atoms with van der Waals surface area (Å²) in [5.41, 5.74) is 1.40. The van der Waals surface area contributed by atoms with E-state index < -0.39 is 6.08 Å². The minimum atomic E-state index is -0.857. The molecule has 0 radical (unpaired) electrons. The number of nitrogens with one attached hydrogen (secondary N) is 1. The molecule has 8 heteroatoms. The summed E-state index contributed by atoms with van der Waals surface area (Å²) in [5, 5.41) is 2.96. The fourth-order valence-electron chi connectivity index (χ4n) is 2.80. The highest BCUT2D eigenvalue weighted by Crippen LogP contribution is 2.28. The van der Waals surface area contributed by atoms with Gasteiger partial charge >= 0.3 is 6.08 Å². The molecule has 1 atom stereocenters. The molecule has 1 aromatic carbocycles. The van der Waals surface area contributed by atoms with Crippen LogP contribution in [0.1, 0.15) is 25.5 Å². The molecule has 124 valence electrons. The van der Waals surface area contributed by atoms with Gasteiger partial charge in [0, 0.05) is 12.3 Å². The Balaban J connectivity index is 1.73. The van der Waals surface area contributed by atoms with E-state index in [1.807, 2.05) is 0 Å². The highest BCUT2D eigenvalue weighted by Gasteiger charge is 2.21. The molecular formula is C16H15F2N5O. The van der Waals surface area contributed by atoms with Gasteiger partial charge in [-0.3, -0.25) is 4.57 Å². The molecule has 4 rings (SSSR count). The molecule has 1 saturated heterocycles. The molecule has 1 unspecified atom stereocenters. The van der Waals surface area contributed by atoms with Crippen LogP contribution in [-0.4, -0.2) is 26.1 Å². The topological polar surface area (TPSA) is 64.9 Å². The van der Waals surface area contributed by atoms with Gasteiger partial charge in [-0.25, -0.2) is 9.37 Å². The molecular weight excluding hydrogens is 316 g/mol. The maximum absolute atomic E-state index is 13.9. The van der Waals surface area contributed by atoms with Crippen LogP contribution in [0.2, 0.25) is 0 Å². The molecule has 0 amide bonds. The number of hydrogen-bond acceptors (Lipinski definition) is 5. The Morgan fingerprint density at radius 1 is 1.12 bits per heavy atom. The number of benzene rings is 1. The Morgan fingerprint density at radius 2 is 1.96 bits per heavy atom. The maximum Gasteiger partial charge on any atom is 0.312 e. The van der Waals surface area contributed by atoms with Crippen molar-refractivity contribution in [1.29, 1.82) is 0 Å². The van der Waals surface area contributed by atoms with Gasteiger partial charge in [0.05, 0.1) is 6.33 Å². The first kappa shape index (κ1) is 14.9. The zero-order valence-electron chi connectivity index (χ0n) is 12.7. The second-order valence-corrected chi connectivity index (χ2v) is 5.62. The van der Waals surface area contributed by atoms with Gasteiger partial charge in [-0.1, -0.05) is 0 Å². The zero-order chi connectivity index (χ0) is 16.5. The van der Waals surface area contributed by atoms with Crippen molar-refractivity contribution in [3.63, 3.8) is 0 Å². The van der Waals surface area contributed by atoms with E-state index in [0.29, 0.717) is 23.5 Å². The first-order valence-electron chi connectivity index (χ1n) is 7.75. The fourth-order valence-corrected chi connectivity index (χ4v) is 2.80. The average molecular weight is 331 g/mol. The van der Waals surface area contributed by atoms with Crippen LogP contribution in [0, 0.1) is 11.9 Å². The lowest BCUT2D eigenvalue weighted by Gasteiger charge is -2.23. The number of nitrogens with zero attached hydrogens (tertiary/aromatic N) is 4. The third-order valence-corrected chi connectivity index (χ3v) is 3.97. The summed E-state index contributed by atoms with van der Waals surface area (Å²) in [5.74, 6) is -0.114. The predicted octanol–water partition coefficient (Wildman–Crippen LogP) is 3.55. The van der Waals surface area contributed by atoms with E-state index in [1.54, 1.807) is 23.0 Å². The van der Waals surface area contributed by atoms with Gasteiger partial charge in [0.25, 0.3) is 0 Å². The maximum atomic E-state index is 13.9. The molecule has 2 aromatic heterocycles. The van der Waals surface area contributed by atoms with E-state index in [0.717, 1.165) is 19.3 Å². The lowest BCUT2D eigenvalue weighted by atomic mass is 10.2. The first-order chi connectivity index (χ1) is 11.7. The minimum absolute atomic E-state index is 0.197. The SMILES string of the molecule is Fc1ccc(Nc2nc(F)nc3c2ncn3C2CCCCO2)cc1. The molecule has 0 aliphatic carbocycles. The molecule has 1 fully saturated rings. The van der Waals surface area contributed by atoms with Gasteiger partial charge in [0.1, 0.15) is 12.0 Å². The van der Waals surface area contributed by atoms with Crippen molar-refractivity contribution < 1.29 is 13.5 Å². The second kappa shape index (κ2) is 6.12. The van der Waals surface area contributed by atoms with Gasteiger partial charge in [-0.05, 0) is 43.5 Å². The van der Waals surface area contributed by atoms with Gasteiger partial charge in [0.2, 0.25) is 0 Å². The number of aromatic nitrogens is 4. The van der Waals surface area contributed by atoms with Crippen molar-refractivity contribution in [1.82, 2.24) is 19.5 Å². The van der Waals surface area contributed by atoms with Crippen molar-refractivity contribution in [2.45, 2.75) is 25.5 Å². The summed E-state index contributed by atoms with van der Waals surface area (Å²) in [6.45, 7) is 0.665. The van der Waals surface area contributed by atoms with E-state index in [4.69, 9.17) is 4.74 Å². The Morgan fingerprint density at radius 3 is 2.71 bits per heavy atom. The summed E-state index contributed by atoms with van der Waals surface area (Å²) >= 11 is 0. The number of hydrogen-bond donors (Lipinski definition) is 1. The van der Waals surface area contributed by atoms with E-state index in [9.17, 15) is 8.78 Å². The summed E-state index contributed by atoms with van der Waals surface area (Å²) in [7, 11) is 0. The van der Waals surface area contributed by atoms with Crippen molar-refractivity contribution >= 4 is 22.7 Å². The van der Waals surface area contributed by atoms with Crippen molar-refractivity contribution in [3.05, 3.63) is 42.5 Å². The molecule has 0 spiro atoms. The number of anilines is 2. The Labute approximate surface area is 136 Å². The van der Waals surface area contributed by atoms with Crippen LogP contribution < -0.4 is 5.32 Å². The van der Waals surface area contributed by atoms with Crippen LogP contribution in [0.3, 0.4) is 0 Å². The van der Waals surface area contributed by atoms with Crippen LogP contribution in [0.4, 0.5) is 20.3 Å². The largest absolute Gasteiger partial charge is 0.358 e. The normalized spacial score (nSPS) is 18.0. The van der Waals surface area contributed by atoms with Crippen LogP contribution >= 0.6 is 0 Å². The van der Waals surface area contributed by atoms with Crippen LogP contribution in [0.25, 0.3) is 11.2 Å². The number of halogens is 2. The number of imidazole rings is 1. The van der Waals surface area contributed by atoms with Crippen molar-refractivity contribution in [2.75, 3.05) is 11.9 Å². The summed E-state index contributed by atoms with van der Waals surface area (Å²) < 4.78 is 34.3. The van der Waals surface area contributed by atoms with E-state index >= 15 is 0 Å². The third-order valence-electron chi connectivity index (χ3n) is 3.97. The Hall–Kier alpha value is -2.61. The Bertz CT molecular complexity index is 859. The average Bonchev–Trinajstić information content (AvgIpc) is 3.01. The van der Waals surface area contributed by atoms with Crippen molar-refractivity contribution in [3.8, 4) is 0 Å². The lowest BCUT2D eigenvalue weighted by Crippen LogP contribution is -2.18. The van der Waals surface area contributed by atoms with Crippen LogP contribution in [-0.2, 0) is 4.74 Å². The smallest absolute Gasteiger partial charge is 0.312 e. The fraction of sp³-hybridized carbons (Fsp3) is 0.312. The molecule has 0 saturated carbocycles. The van der Waals surface area contributed by atoms with E-state index in [-0.39, 0.29) is 17.9 Å². The molecule has 1 N–H and O–H groups in total. The molecule has 3 heterocycles. The third kappa shape index (κ3) is 2.80. The summed E-state index contributed by atoms with van der Waals surface area (Å²) in [6, 6.07) is 5.71. The first-order valence-corrected chi connectivity index (χ1v) is 7.75. The standard InChI is InChI=1S/C16H15F2N5O/c17-10-4-6-11(7-5-10)20-14-13-15(22-16(18)21-14)23(9-19-13)12-3-1-2-8-24-12/h4-7,9,12H,1-3,8H2,(H,20,21,22). The minimum Gasteiger partial charge on any atom is -0.358 e. The number of rotatable bonds is 3. The van der Waals surface area contributed by atoms with Crippen LogP contribution in [0.15, 0.2) is 30.6 Å². The quantitative estimate of drug-likeness (QED) is 0.744. The second-order valence-electron chi connectivity index (χ2n) is 5.62. The van der Waals surface area contributed by atoms with Gasteiger partial charge in [-0.2, -0.15) is 14.4 Å². The highest BCUT2D eigenvalue weighted by atomic mass is 19.1. The van der Waals surface area contributed by atoms with Crippen molar-refractivity contribution in [2.24, 2.45) is 0 Å². The number of ether oxygens (including phenoxy) is 1. The summed E-state index contributed by atoms with van der Waals surface area (Å²) in [4.78, 5) is 12.0. The van der Waals surface area contributed by atoms with Crippen LogP contribution in [0.5, 0.6) is 0 Å². The van der Waals surface area contributed by atoms with E-state index in [2.05, 4.69) is 20.3 Å². The van der Waals surface area contributed by atoms with Gasteiger partial charge in [0.15, 0.2) is 17.0 Å². The molecule has 1 aliphatic rings.